The van der Waals surface area contributed by atoms with Gasteiger partial charge in [0.1, 0.15) is 0 Å². The molecule has 0 saturated heterocycles. The molecule has 6 atom stereocenters. The molecule has 0 aromatic rings. The van der Waals surface area contributed by atoms with Crippen LogP contribution in [-0.2, 0) is 0 Å². The van der Waals surface area contributed by atoms with E-state index in [-0.39, 0.29) is 7.92 Å². The molecule has 0 heterocycles. The minimum Gasteiger partial charge on any atom is -0.103 e. The average Bonchev–Trinajstić information content (AvgIpc) is 2.45. The van der Waals surface area contributed by atoms with Gasteiger partial charge in [-0.3, -0.25) is 0 Å². The van der Waals surface area contributed by atoms with Gasteiger partial charge in [-0.1, -0.05) is 54.4 Å². The van der Waals surface area contributed by atoms with E-state index in [1.165, 1.54) is 38.5 Å². The molecular weight excluding hydrogens is 283 g/mol. The lowest BCUT2D eigenvalue weighted by atomic mass is 9.76. The van der Waals surface area contributed by atoms with Crippen LogP contribution in [0.1, 0.15) is 80.1 Å². The largest absolute Gasteiger partial charge is 0.103 e. The van der Waals surface area contributed by atoms with Crippen LogP contribution in [-0.4, -0.2) is 18.0 Å². The predicted molar refractivity (Wildman–Crippen MR) is 103 cm³/mol. The molecule has 0 aromatic carbocycles. The minimum absolute atomic E-state index is 0.186. The van der Waals surface area contributed by atoms with Crippen LogP contribution in [0.4, 0.5) is 0 Å². The van der Waals surface area contributed by atoms with Crippen molar-refractivity contribution in [2.24, 2.45) is 35.5 Å². The molecule has 0 spiro atoms. The van der Waals surface area contributed by atoms with Gasteiger partial charge in [-0.25, -0.2) is 0 Å². The minimum atomic E-state index is 0.186. The van der Waals surface area contributed by atoms with Gasteiger partial charge in [0, 0.05) is 0 Å². The van der Waals surface area contributed by atoms with Crippen LogP contribution < -0.4 is 0 Å². The summed E-state index contributed by atoms with van der Waals surface area (Å²) in [7, 11) is 0.186. The third-order valence-electron chi connectivity index (χ3n) is 7.02. The Morgan fingerprint density at radius 2 is 1.05 bits per heavy atom. The van der Waals surface area contributed by atoms with E-state index in [1.54, 1.807) is 0 Å². The standard InChI is InChI=1S/C21H41P/c1-14(2)18-10-8-16(5)12-20(18)22(7)21-13-17(6)9-11-19(21)15(3)4/h14-21H,8-13H2,1-7H3. The highest BCUT2D eigenvalue weighted by Crippen LogP contribution is 2.59. The van der Waals surface area contributed by atoms with Gasteiger partial charge in [-0.05, 0) is 79.2 Å². The van der Waals surface area contributed by atoms with Gasteiger partial charge in [0.2, 0.25) is 0 Å². The van der Waals surface area contributed by atoms with Crippen molar-refractivity contribution in [1.82, 2.24) is 0 Å². The molecule has 2 aliphatic carbocycles. The Labute approximate surface area is 142 Å². The fraction of sp³-hybridized carbons (Fsp3) is 1.00. The lowest BCUT2D eigenvalue weighted by Gasteiger charge is -2.48. The Morgan fingerprint density at radius 3 is 1.36 bits per heavy atom. The van der Waals surface area contributed by atoms with Crippen molar-refractivity contribution in [1.29, 1.82) is 0 Å². The predicted octanol–water partition coefficient (Wildman–Crippen LogP) is 7.02. The zero-order valence-electron chi connectivity index (χ0n) is 16.3. The molecule has 130 valence electrons. The van der Waals surface area contributed by atoms with Gasteiger partial charge in [0.05, 0.1) is 0 Å². The maximum atomic E-state index is 2.70. The summed E-state index contributed by atoms with van der Waals surface area (Å²) in [6, 6.07) is 0. The summed E-state index contributed by atoms with van der Waals surface area (Å²) in [5.41, 5.74) is 2.10. The molecule has 22 heavy (non-hydrogen) atoms. The second-order valence-corrected chi connectivity index (χ2v) is 12.1. The van der Waals surface area contributed by atoms with Crippen molar-refractivity contribution in [2.75, 3.05) is 6.66 Å². The fourth-order valence-corrected chi connectivity index (χ4v) is 9.56. The maximum Gasteiger partial charge on any atom is -0.0176 e. The van der Waals surface area contributed by atoms with Gasteiger partial charge in [-0.2, -0.15) is 0 Å². The van der Waals surface area contributed by atoms with Crippen molar-refractivity contribution >= 4 is 7.92 Å². The molecule has 0 amide bonds. The number of hydrogen-bond donors (Lipinski definition) is 0. The van der Waals surface area contributed by atoms with Crippen LogP contribution in [0.15, 0.2) is 0 Å². The van der Waals surface area contributed by atoms with E-state index in [1.807, 2.05) is 0 Å². The molecule has 0 aliphatic heterocycles. The number of hydrogen-bond acceptors (Lipinski definition) is 0. The first-order chi connectivity index (χ1) is 10.3. The van der Waals surface area contributed by atoms with Gasteiger partial charge in [-0.15, -0.1) is 7.92 Å². The summed E-state index contributed by atoms with van der Waals surface area (Å²) in [6.07, 6.45) is 9.03. The Morgan fingerprint density at radius 1 is 0.682 bits per heavy atom. The van der Waals surface area contributed by atoms with Gasteiger partial charge in [0.15, 0.2) is 0 Å². The van der Waals surface area contributed by atoms with E-state index in [0.29, 0.717) is 0 Å². The molecule has 2 fully saturated rings. The van der Waals surface area contributed by atoms with E-state index in [0.717, 1.165) is 46.8 Å². The molecule has 0 N–H and O–H groups in total. The number of rotatable bonds is 4. The second kappa shape index (κ2) is 8.00. The average molecular weight is 325 g/mol. The van der Waals surface area contributed by atoms with Crippen LogP contribution in [0.2, 0.25) is 0 Å². The van der Waals surface area contributed by atoms with Crippen molar-refractivity contribution in [2.45, 2.75) is 91.4 Å². The fourth-order valence-electron chi connectivity index (χ4n) is 5.49. The highest BCUT2D eigenvalue weighted by molar-refractivity contribution is 7.58. The molecule has 0 aromatic heterocycles. The topological polar surface area (TPSA) is 0 Å². The molecule has 2 saturated carbocycles. The zero-order chi connectivity index (χ0) is 16.4. The normalized spacial score (nSPS) is 41.9. The quantitative estimate of drug-likeness (QED) is 0.487. The molecule has 2 rings (SSSR count). The van der Waals surface area contributed by atoms with Gasteiger partial charge in [0.25, 0.3) is 0 Å². The molecule has 0 nitrogen and oxygen atoms in total. The maximum absolute atomic E-state index is 2.70. The molecule has 1 heteroatoms. The van der Waals surface area contributed by atoms with Crippen LogP contribution in [0.5, 0.6) is 0 Å². The summed E-state index contributed by atoms with van der Waals surface area (Å²) in [5, 5.41) is 0. The Balaban J connectivity index is 2.16. The Kier molecular flexibility index (Phi) is 6.83. The van der Waals surface area contributed by atoms with Gasteiger partial charge >= 0.3 is 0 Å². The SMILES string of the molecule is CC1CCC(C(C)C)C(P(C)C2CC(C)CCC2C(C)C)C1. The highest BCUT2D eigenvalue weighted by atomic mass is 31.1. The molecule has 2 aliphatic rings. The first kappa shape index (κ1) is 18.8. The lowest BCUT2D eigenvalue weighted by Crippen LogP contribution is -2.38. The second-order valence-electron chi connectivity index (χ2n) is 9.45. The summed E-state index contributed by atoms with van der Waals surface area (Å²) in [6.45, 7) is 17.7. The molecule has 0 bridgehead atoms. The summed E-state index contributed by atoms with van der Waals surface area (Å²) in [4.78, 5) is 0. The van der Waals surface area contributed by atoms with E-state index in [2.05, 4.69) is 48.2 Å². The van der Waals surface area contributed by atoms with Crippen LogP contribution >= 0.6 is 7.92 Å². The van der Waals surface area contributed by atoms with Crippen LogP contribution in [0.25, 0.3) is 0 Å². The van der Waals surface area contributed by atoms with Crippen molar-refractivity contribution in [3.63, 3.8) is 0 Å². The van der Waals surface area contributed by atoms with Gasteiger partial charge < -0.3 is 0 Å². The van der Waals surface area contributed by atoms with E-state index in [9.17, 15) is 0 Å². The third kappa shape index (κ3) is 4.28. The molecule has 6 unspecified atom stereocenters. The highest BCUT2D eigenvalue weighted by Gasteiger charge is 2.41. The summed E-state index contributed by atoms with van der Waals surface area (Å²) in [5.74, 6) is 5.75. The smallest absolute Gasteiger partial charge is 0.0176 e. The zero-order valence-corrected chi connectivity index (χ0v) is 17.2. The van der Waals surface area contributed by atoms with E-state index >= 15 is 0 Å². The first-order valence-electron chi connectivity index (χ1n) is 10.0. The van der Waals surface area contributed by atoms with Crippen molar-refractivity contribution in [3.05, 3.63) is 0 Å². The van der Waals surface area contributed by atoms with E-state index < -0.39 is 0 Å². The summed E-state index contributed by atoms with van der Waals surface area (Å²) < 4.78 is 0. The molecular formula is C21H41P. The Hall–Kier alpha value is 0.430. The van der Waals surface area contributed by atoms with Crippen molar-refractivity contribution < 1.29 is 0 Å². The van der Waals surface area contributed by atoms with E-state index in [4.69, 9.17) is 0 Å². The first-order valence-corrected chi connectivity index (χ1v) is 12.0. The molecule has 0 radical (unpaired) electrons. The summed E-state index contributed by atoms with van der Waals surface area (Å²) >= 11 is 0. The van der Waals surface area contributed by atoms with Crippen LogP contribution in [0, 0.1) is 35.5 Å². The van der Waals surface area contributed by atoms with Crippen molar-refractivity contribution in [3.8, 4) is 0 Å². The monoisotopic (exact) mass is 324 g/mol. The Bertz CT molecular complexity index is 303. The lowest BCUT2D eigenvalue weighted by molar-refractivity contribution is 0.223. The van der Waals surface area contributed by atoms with Crippen LogP contribution in [0.3, 0.4) is 0 Å². The third-order valence-corrected chi connectivity index (χ3v) is 10.3.